The Morgan fingerprint density at radius 3 is 2.56 bits per heavy atom. The number of allylic oxidation sites excluding steroid dienone is 1. The third-order valence-electron chi connectivity index (χ3n) is 6.19. The van der Waals surface area contributed by atoms with Gasteiger partial charge in [0.15, 0.2) is 5.17 Å². The Morgan fingerprint density at radius 2 is 1.89 bits per heavy atom. The molecule has 4 rings (SSSR count). The number of likely N-dealkylation sites (N-methyl/N-ethyl adjacent to an activating group) is 1. The first-order chi connectivity index (χ1) is 17.3. The molecule has 1 atom stereocenters. The first-order valence-corrected chi connectivity index (χ1v) is 13.1. The van der Waals surface area contributed by atoms with Gasteiger partial charge in [-0.2, -0.15) is 0 Å². The summed E-state index contributed by atoms with van der Waals surface area (Å²) in [5.41, 5.74) is 3.64. The van der Waals surface area contributed by atoms with E-state index in [9.17, 15) is 14.0 Å². The lowest BCUT2D eigenvalue weighted by Crippen LogP contribution is -2.42. The lowest BCUT2D eigenvalue weighted by Gasteiger charge is -2.38. The van der Waals surface area contributed by atoms with Crippen molar-refractivity contribution in [2.24, 2.45) is 4.99 Å². The van der Waals surface area contributed by atoms with Gasteiger partial charge in [0.25, 0.3) is 5.91 Å². The van der Waals surface area contributed by atoms with E-state index in [1.807, 2.05) is 49.3 Å². The van der Waals surface area contributed by atoms with Crippen LogP contribution in [-0.2, 0) is 16.1 Å². The fraction of sp³-hybridized carbons (Fsp3) is 0.296. The number of hydrogen-bond acceptors (Lipinski definition) is 5. The lowest BCUT2D eigenvalue weighted by atomic mass is 9.92. The molecule has 9 heteroatoms. The van der Waals surface area contributed by atoms with E-state index in [2.05, 4.69) is 5.32 Å². The molecule has 6 nitrogen and oxygen atoms in total. The average molecular weight is 527 g/mol. The zero-order chi connectivity index (χ0) is 25.8. The molecule has 0 radical (unpaired) electrons. The van der Waals surface area contributed by atoms with Crippen LogP contribution >= 0.6 is 23.4 Å². The predicted octanol–water partition coefficient (Wildman–Crippen LogP) is 5.63. The Morgan fingerprint density at radius 1 is 1.17 bits per heavy atom. The third kappa shape index (κ3) is 5.50. The van der Waals surface area contributed by atoms with Crippen LogP contribution in [0.3, 0.4) is 0 Å². The first kappa shape index (κ1) is 26.0. The second kappa shape index (κ2) is 11.3. The van der Waals surface area contributed by atoms with Crippen molar-refractivity contribution >= 4 is 40.3 Å². The molecule has 36 heavy (non-hydrogen) atoms. The maximum Gasteiger partial charge on any atom is 0.254 e. The van der Waals surface area contributed by atoms with Crippen molar-refractivity contribution in [3.05, 3.63) is 92.9 Å². The molecule has 188 valence electrons. The highest BCUT2D eigenvalue weighted by atomic mass is 35.5. The van der Waals surface area contributed by atoms with Crippen molar-refractivity contribution in [1.29, 1.82) is 0 Å². The molecule has 0 aliphatic carbocycles. The SMILES string of the molecule is CCN(CC)C(=O)C1=C(C)N=C2SC=C(CC(=O)NCc3ccc(F)cc3)N2C1c1cccc(Cl)c1. The molecule has 0 saturated heterocycles. The van der Waals surface area contributed by atoms with Crippen LogP contribution in [0.4, 0.5) is 4.39 Å². The Bertz CT molecular complexity index is 1250. The summed E-state index contributed by atoms with van der Waals surface area (Å²) in [5, 5.41) is 6.09. The number of fused-ring (bicyclic) bond motifs is 1. The van der Waals surface area contributed by atoms with Gasteiger partial charge in [-0.05, 0) is 61.6 Å². The van der Waals surface area contributed by atoms with Crippen molar-refractivity contribution < 1.29 is 14.0 Å². The van der Waals surface area contributed by atoms with Gasteiger partial charge in [0.05, 0.1) is 23.7 Å². The molecule has 2 aromatic rings. The molecule has 0 saturated carbocycles. The highest BCUT2D eigenvalue weighted by Crippen LogP contribution is 2.45. The Kier molecular flexibility index (Phi) is 8.16. The van der Waals surface area contributed by atoms with E-state index < -0.39 is 6.04 Å². The largest absolute Gasteiger partial charge is 0.352 e. The smallest absolute Gasteiger partial charge is 0.254 e. The van der Waals surface area contributed by atoms with Gasteiger partial charge in [-0.3, -0.25) is 9.59 Å². The summed E-state index contributed by atoms with van der Waals surface area (Å²) in [4.78, 5) is 35.0. The molecular weight excluding hydrogens is 499 g/mol. The van der Waals surface area contributed by atoms with Gasteiger partial charge in [-0.25, -0.2) is 9.38 Å². The van der Waals surface area contributed by atoms with Gasteiger partial charge in [0.1, 0.15) is 5.82 Å². The Labute approximate surface area is 219 Å². The normalized spacial score (nSPS) is 16.9. The third-order valence-corrected chi connectivity index (χ3v) is 7.31. The van der Waals surface area contributed by atoms with E-state index in [0.717, 1.165) is 22.0 Å². The number of amides is 2. The zero-order valence-corrected chi connectivity index (χ0v) is 22.0. The van der Waals surface area contributed by atoms with Crippen LogP contribution < -0.4 is 5.32 Å². The van der Waals surface area contributed by atoms with Crippen LogP contribution in [0.2, 0.25) is 5.02 Å². The molecule has 0 bridgehead atoms. The second-order valence-electron chi connectivity index (χ2n) is 8.51. The summed E-state index contributed by atoms with van der Waals surface area (Å²) in [7, 11) is 0. The quantitative estimate of drug-likeness (QED) is 0.484. The topological polar surface area (TPSA) is 65.0 Å². The van der Waals surface area contributed by atoms with Crippen LogP contribution in [0.25, 0.3) is 0 Å². The molecule has 1 unspecified atom stereocenters. The van der Waals surface area contributed by atoms with E-state index in [1.54, 1.807) is 23.1 Å². The zero-order valence-electron chi connectivity index (χ0n) is 20.4. The molecule has 0 spiro atoms. The second-order valence-corrected chi connectivity index (χ2v) is 9.78. The van der Waals surface area contributed by atoms with Gasteiger partial charge in [0.2, 0.25) is 5.91 Å². The molecular formula is C27H28ClFN4O2S. The number of nitrogens with one attached hydrogen (secondary N) is 1. The van der Waals surface area contributed by atoms with Crippen molar-refractivity contribution in [1.82, 2.24) is 15.1 Å². The molecule has 1 N–H and O–H groups in total. The summed E-state index contributed by atoms with van der Waals surface area (Å²) >= 11 is 7.78. The standard InChI is InChI=1S/C27H28ClFN4O2S/c1-4-32(5-2)26(35)24-17(3)31-27-33(25(24)19-7-6-8-20(28)13-19)22(16-36-27)14-23(34)30-15-18-9-11-21(29)12-10-18/h6-13,16,25H,4-5,14-15H2,1-3H3,(H,30,34). The number of carbonyl (C=O) groups excluding carboxylic acids is 2. The first-order valence-electron chi connectivity index (χ1n) is 11.8. The average Bonchev–Trinajstić information content (AvgIpc) is 3.25. The van der Waals surface area contributed by atoms with Crippen LogP contribution in [0.1, 0.15) is 44.4 Å². The lowest BCUT2D eigenvalue weighted by molar-refractivity contribution is -0.127. The number of nitrogens with zero attached hydrogens (tertiary/aromatic N) is 3. The van der Waals surface area contributed by atoms with Crippen molar-refractivity contribution in [3.63, 3.8) is 0 Å². The predicted molar refractivity (Wildman–Crippen MR) is 143 cm³/mol. The number of hydrogen-bond donors (Lipinski definition) is 1. The number of aliphatic imine (C=N–C) groups is 1. The summed E-state index contributed by atoms with van der Waals surface area (Å²) in [5.74, 6) is -0.581. The van der Waals surface area contributed by atoms with E-state index in [4.69, 9.17) is 16.6 Å². The molecule has 2 heterocycles. The van der Waals surface area contributed by atoms with E-state index in [1.165, 1.54) is 23.9 Å². The van der Waals surface area contributed by atoms with E-state index >= 15 is 0 Å². The van der Waals surface area contributed by atoms with Gasteiger partial charge in [-0.1, -0.05) is 47.6 Å². The molecule has 0 fully saturated rings. The number of rotatable bonds is 8. The summed E-state index contributed by atoms with van der Waals surface area (Å²) in [6.07, 6.45) is 0.107. The minimum absolute atomic E-state index is 0.0812. The minimum Gasteiger partial charge on any atom is -0.352 e. The van der Waals surface area contributed by atoms with Crippen LogP contribution in [-0.4, -0.2) is 39.9 Å². The molecule has 2 aliphatic heterocycles. The highest BCUT2D eigenvalue weighted by Gasteiger charge is 2.41. The van der Waals surface area contributed by atoms with Gasteiger partial charge >= 0.3 is 0 Å². The van der Waals surface area contributed by atoms with Crippen molar-refractivity contribution in [2.45, 2.75) is 39.8 Å². The highest BCUT2D eigenvalue weighted by molar-refractivity contribution is 8.16. The Hall–Kier alpha value is -3.10. The summed E-state index contributed by atoms with van der Waals surface area (Å²) in [6, 6.07) is 13.0. The number of thioether (sulfide) groups is 1. The van der Waals surface area contributed by atoms with E-state index in [-0.39, 0.29) is 24.1 Å². The molecule has 2 aromatic carbocycles. The van der Waals surface area contributed by atoms with Crippen LogP contribution in [0.15, 0.2) is 75.9 Å². The minimum atomic E-state index is -0.463. The maximum atomic E-state index is 13.6. The number of amidine groups is 1. The van der Waals surface area contributed by atoms with Crippen molar-refractivity contribution in [2.75, 3.05) is 13.1 Å². The van der Waals surface area contributed by atoms with E-state index in [0.29, 0.717) is 35.9 Å². The van der Waals surface area contributed by atoms with Gasteiger partial charge in [0, 0.05) is 30.4 Å². The monoisotopic (exact) mass is 526 g/mol. The van der Waals surface area contributed by atoms with Crippen LogP contribution in [0.5, 0.6) is 0 Å². The van der Waals surface area contributed by atoms with Gasteiger partial charge in [-0.15, -0.1) is 0 Å². The molecule has 2 aliphatic rings. The number of halogens is 2. The molecule has 0 aromatic heterocycles. The Balaban J connectivity index is 1.62. The van der Waals surface area contributed by atoms with Gasteiger partial charge < -0.3 is 15.1 Å². The fourth-order valence-electron chi connectivity index (χ4n) is 4.35. The maximum absolute atomic E-state index is 13.6. The fourth-order valence-corrected chi connectivity index (χ4v) is 5.51. The molecule has 2 amide bonds. The number of benzene rings is 2. The number of carbonyl (C=O) groups is 2. The van der Waals surface area contributed by atoms with Crippen LogP contribution in [0, 0.1) is 5.82 Å². The summed E-state index contributed by atoms with van der Waals surface area (Å²) in [6.45, 7) is 7.20. The summed E-state index contributed by atoms with van der Waals surface area (Å²) < 4.78 is 13.2. The van der Waals surface area contributed by atoms with Crippen molar-refractivity contribution in [3.8, 4) is 0 Å².